The minimum absolute atomic E-state index is 0.0266. The maximum atomic E-state index is 12.8. The maximum absolute atomic E-state index is 12.8. The third-order valence-electron chi connectivity index (χ3n) is 5.90. The van der Waals surface area contributed by atoms with Gasteiger partial charge in [-0.3, -0.25) is 9.78 Å². The molecule has 3 rings (SSSR count). The zero-order valence-electron chi connectivity index (χ0n) is 20.7. The second kappa shape index (κ2) is 12.0. The summed E-state index contributed by atoms with van der Waals surface area (Å²) in [6.07, 6.45) is 3.41. The van der Waals surface area contributed by atoms with Crippen molar-refractivity contribution < 1.29 is 22.8 Å². The van der Waals surface area contributed by atoms with Crippen molar-refractivity contribution in [3.63, 3.8) is 0 Å². The Bertz CT molecular complexity index is 1160. The van der Waals surface area contributed by atoms with Crippen LogP contribution in [-0.4, -0.2) is 26.5 Å². The normalized spacial score (nSPS) is 12.5. The van der Waals surface area contributed by atoms with Crippen molar-refractivity contribution in [2.45, 2.75) is 65.0 Å². The molecular weight excluding hydrogens is 467 g/mol. The van der Waals surface area contributed by atoms with Gasteiger partial charge in [0.1, 0.15) is 5.78 Å². The molecule has 0 amide bonds. The molecule has 0 N–H and O–H groups in total. The Labute approximate surface area is 209 Å². The lowest BCUT2D eigenvalue weighted by atomic mass is 9.88. The number of nitrogens with zero attached hydrogens (tertiary/aromatic N) is 3. The smallest absolute Gasteiger partial charge is 0.300 e. The summed E-state index contributed by atoms with van der Waals surface area (Å²) in [5.41, 5.74) is 2.10. The topological polar surface area (TPSA) is 72.8 Å². The van der Waals surface area contributed by atoms with E-state index in [4.69, 9.17) is 0 Å². The largest absolute Gasteiger partial charge is 0.416 e. The fourth-order valence-corrected chi connectivity index (χ4v) is 4.02. The summed E-state index contributed by atoms with van der Waals surface area (Å²) in [6, 6.07) is 8.42. The Hall–Kier alpha value is -3.42. The van der Waals surface area contributed by atoms with Crippen molar-refractivity contribution in [3.05, 3.63) is 77.4 Å². The van der Waals surface area contributed by atoms with Crippen LogP contribution >= 0.6 is 0 Å². The van der Waals surface area contributed by atoms with Crippen molar-refractivity contribution >= 4 is 11.6 Å². The van der Waals surface area contributed by atoms with Crippen molar-refractivity contribution in [2.24, 2.45) is 5.92 Å². The van der Waals surface area contributed by atoms with E-state index in [0.717, 1.165) is 29.8 Å². The second-order valence-electron chi connectivity index (χ2n) is 9.46. The number of Topliss-reactive ketones (excluding diaryl/α,β-unsaturated/α-hetero) is 2. The highest BCUT2D eigenvalue weighted by atomic mass is 19.4. The van der Waals surface area contributed by atoms with Crippen molar-refractivity contribution in [1.82, 2.24) is 15.0 Å². The average molecular weight is 498 g/mol. The Kier molecular flexibility index (Phi) is 9.07. The van der Waals surface area contributed by atoms with E-state index in [0.29, 0.717) is 48.6 Å². The van der Waals surface area contributed by atoms with Crippen LogP contribution in [0.4, 0.5) is 13.2 Å². The molecule has 190 valence electrons. The standard InChI is InChI=1S/C28H30F3N3O2/c1-18(2)13-22(14-25-12-9-21(15-32-25)26(36)6-4-5-19(3)35)23-16-33-27(34-17-23)20-7-10-24(11-8-20)28(29,30)31/h7-12,15-18,22H,4-6,13-14H2,1-3H3/t22-/m1/s1. The molecule has 0 saturated heterocycles. The number of aromatic nitrogens is 3. The molecule has 2 heterocycles. The van der Waals surface area contributed by atoms with Gasteiger partial charge in [0.05, 0.1) is 5.56 Å². The average Bonchev–Trinajstić information content (AvgIpc) is 2.83. The number of ketones is 2. The molecular formula is C28H30F3N3O2. The van der Waals surface area contributed by atoms with Crippen LogP contribution < -0.4 is 0 Å². The lowest BCUT2D eigenvalue weighted by Gasteiger charge is -2.19. The minimum Gasteiger partial charge on any atom is -0.300 e. The Morgan fingerprint density at radius 1 is 0.889 bits per heavy atom. The zero-order valence-corrected chi connectivity index (χ0v) is 20.7. The number of halogens is 3. The number of benzene rings is 1. The molecule has 0 aliphatic heterocycles. The zero-order chi connectivity index (χ0) is 26.3. The predicted molar refractivity (Wildman–Crippen MR) is 131 cm³/mol. The summed E-state index contributed by atoms with van der Waals surface area (Å²) < 4.78 is 38.5. The van der Waals surface area contributed by atoms with Crippen molar-refractivity contribution in [1.29, 1.82) is 0 Å². The van der Waals surface area contributed by atoms with Crippen LogP contribution in [0.25, 0.3) is 11.4 Å². The molecule has 5 nitrogen and oxygen atoms in total. The number of rotatable bonds is 11. The van der Waals surface area contributed by atoms with Crippen LogP contribution in [0.15, 0.2) is 55.0 Å². The third-order valence-corrected chi connectivity index (χ3v) is 5.90. The molecule has 0 fully saturated rings. The molecule has 0 bridgehead atoms. The van der Waals surface area contributed by atoms with E-state index in [1.54, 1.807) is 24.7 Å². The lowest BCUT2D eigenvalue weighted by molar-refractivity contribution is -0.137. The quantitative estimate of drug-likeness (QED) is 0.270. The van der Waals surface area contributed by atoms with Gasteiger partial charge in [-0.1, -0.05) is 26.0 Å². The number of pyridine rings is 1. The fourth-order valence-electron chi connectivity index (χ4n) is 4.02. The summed E-state index contributed by atoms with van der Waals surface area (Å²) in [7, 11) is 0. The Balaban J connectivity index is 1.70. The molecule has 0 unspecified atom stereocenters. The summed E-state index contributed by atoms with van der Waals surface area (Å²) in [6.45, 7) is 5.77. The van der Waals surface area contributed by atoms with Crippen LogP contribution in [0.3, 0.4) is 0 Å². The minimum atomic E-state index is -4.39. The second-order valence-corrected chi connectivity index (χ2v) is 9.46. The summed E-state index contributed by atoms with van der Waals surface area (Å²) in [5.74, 6) is 0.912. The molecule has 0 aliphatic rings. The van der Waals surface area contributed by atoms with Crippen LogP contribution in [0.1, 0.15) is 79.6 Å². The molecule has 3 aromatic rings. The SMILES string of the molecule is CC(=O)CCCC(=O)c1ccc(C[C@@H](CC(C)C)c2cnc(-c3ccc(C(F)(F)F)cc3)nc2)nc1. The van der Waals surface area contributed by atoms with Gasteiger partial charge >= 0.3 is 6.18 Å². The van der Waals surface area contributed by atoms with Gasteiger partial charge < -0.3 is 4.79 Å². The molecule has 36 heavy (non-hydrogen) atoms. The maximum Gasteiger partial charge on any atom is 0.416 e. The van der Waals surface area contributed by atoms with E-state index >= 15 is 0 Å². The van der Waals surface area contributed by atoms with E-state index in [9.17, 15) is 22.8 Å². The van der Waals surface area contributed by atoms with E-state index in [1.807, 2.05) is 6.07 Å². The van der Waals surface area contributed by atoms with Gasteiger partial charge in [-0.05, 0) is 67.9 Å². The number of carbonyl (C=O) groups excluding carboxylic acids is 2. The van der Waals surface area contributed by atoms with E-state index in [2.05, 4.69) is 28.8 Å². The van der Waals surface area contributed by atoms with Crippen LogP contribution in [0, 0.1) is 5.92 Å². The van der Waals surface area contributed by atoms with Gasteiger partial charge in [-0.15, -0.1) is 0 Å². The molecule has 8 heteroatoms. The van der Waals surface area contributed by atoms with Crippen molar-refractivity contribution in [2.75, 3.05) is 0 Å². The number of carbonyl (C=O) groups is 2. The highest BCUT2D eigenvalue weighted by Crippen LogP contribution is 2.31. The van der Waals surface area contributed by atoms with Gasteiger partial charge in [0, 0.05) is 48.3 Å². The number of alkyl halides is 3. The first-order chi connectivity index (χ1) is 17.0. The van der Waals surface area contributed by atoms with Crippen LogP contribution in [0.2, 0.25) is 0 Å². The first-order valence-corrected chi connectivity index (χ1v) is 12.0. The highest BCUT2D eigenvalue weighted by Gasteiger charge is 2.30. The van der Waals surface area contributed by atoms with Gasteiger partial charge in [0.25, 0.3) is 0 Å². The molecule has 2 aromatic heterocycles. The van der Waals surface area contributed by atoms with E-state index in [-0.39, 0.29) is 17.5 Å². The first kappa shape index (κ1) is 27.2. The van der Waals surface area contributed by atoms with E-state index in [1.165, 1.54) is 19.1 Å². The van der Waals surface area contributed by atoms with Crippen molar-refractivity contribution in [3.8, 4) is 11.4 Å². The molecule has 0 radical (unpaired) electrons. The third kappa shape index (κ3) is 7.80. The molecule has 0 saturated carbocycles. The number of hydrogen-bond donors (Lipinski definition) is 0. The van der Waals surface area contributed by atoms with Gasteiger partial charge in [0.15, 0.2) is 11.6 Å². The molecule has 0 spiro atoms. The van der Waals surface area contributed by atoms with E-state index < -0.39 is 11.7 Å². The number of hydrogen-bond acceptors (Lipinski definition) is 5. The van der Waals surface area contributed by atoms with Crippen LogP contribution in [-0.2, 0) is 17.4 Å². The Morgan fingerprint density at radius 2 is 1.56 bits per heavy atom. The molecule has 1 atom stereocenters. The summed E-state index contributed by atoms with van der Waals surface area (Å²) >= 11 is 0. The summed E-state index contributed by atoms with van der Waals surface area (Å²) in [5, 5.41) is 0. The molecule has 0 aliphatic carbocycles. The Morgan fingerprint density at radius 3 is 2.08 bits per heavy atom. The lowest BCUT2D eigenvalue weighted by Crippen LogP contribution is -2.10. The summed E-state index contributed by atoms with van der Waals surface area (Å²) in [4.78, 5) is 36.7. The monoisotopic (exact) mass is 497 g/mol. The van der Waals surface area contributed by atoms with Crippen LogP contribution in [0.5, 0.6) is 0 Å². The van der Waals surface area contributed by atoms with Gasteiger partial charge in [0.2, 0.25) is 0 Å². The van der Waals surface area contributed by atoms with Gasteiger partial charge in [-0.25, -0.2) is 9.97 Å². The predicted octanol–water partition coefficient (Wildman–Crippen LogP) is 6.87. The first-order valence-electron chi connectivity index (χ1n) is 12.0. The highest BCUT2D eigenvalue weighted by molar-refractivity contribution is 5.95. The fraction of sp³-hybridized carbons (Fsp3) is 0.393. The van der Waals surface area contributed by atoms with Gasteiger partial charge in [-0.2, -0.15) is 13.2 Å². The molecule has 1 aromatic carbocycles.